The third kappa shape index (κ3) is 2.18. The minimum atomic E-state index is -1.01. The summed E-state index contributed by atoms with van der Waals surface area (Å²) in [7, 11) is 0. The van der Waals surface area contributed by atoms with Gasteiger partial charge in [-0.2, -0.15) is 5.26 Å². The van der Waals surface area contributed by atoms with Crippen LogP contribution in [0.5, 0.6) is 0 Å². The number of nitrogens with zero attached hydrogens (tertiary/aromatic N) is 3. The van der Waals surface area contributed by atoms with Crippen LogP contribution in [0.1, 0.15) is 15.9 Å². The lowest BCUT2D eigenvalue weighted by molar-refractivity contribution is 0.0699. The molecule has 1 heterocycles. The number of hydrogen-bond acceptors (Lipinski definition) is 3. The van der Waals surface area contributed by atoms with Gasteiger partial charge in [0, 0.05) is 4.47 Å². The maximum Gasteiger partial charge on any atom is 0.337 e. The Balaban J connectivity index is 2.25. The van der Waals surface area contributed by atoms with Crippen LogP contribution in [0.2, 0.25) is 0 Å². The number of nitriles is 1. The molecule has 0 amide bonds. The van der Waals surface area contributed by atoms with Crippen LogP contribution in [0.3, 0.4) is 0 Å². The summed E-state index contributed by atoms with van der Waals surface area (Å²) in [4.78, 5) is 15.4. The number of carbonyl (C=O) groups is 1. The van der Waals surface area contributed by atoms with E-state index in [4.69, 9.17) is 5.26 Å². The van der Waals surface area contributed by atoms with Gasteiger partial charge in [0.2, 0.25) is 0 Å². The van der Waals surface area contributed by atoms with E-state index in [0.29, 0.717) is 16.6 Å². The monoisotopic (exact) mass is 341 g/mol. The van der Waals surface area contributed by atoms with Crippen molar-refractivity contribution < 1.29 is 9.90 Å². The molecule has 0 spiro atoms. The fraction of sp³-hybridized carbons (Fsp3) is 0. The van der Waals surface area contributed by atoms with E-state index in [1.807, 2.05) is 0 Å². The van der Waals surface area contributed by atoms with E-state index in [1.165, 1.54) is 6.07 Å². The van der Waals surface area contributed by atoms with Crippen molar-refractivity contribution in [2.45, 2.75) is 0 Å². The van der Waals surface area contributed by atoms with Gasteiger partial charge in [-0.05, 0) is 46.3 Å². The second kappa shape index (κ2) is 5.04. The molecule has 0 bridgehead atoms. The van der Waals surface area contributed by atoms with Gasteiger partial charge < -0.3 is 5.11 Å². The molecule has 1 N–H and O–H groups in total. The van der Waals surface area contributed by atoms with E-state index in [1.54, 1.807) is 41.2 Å². The number of benzene rings is 2. The summed E-state index contributed by atoms with van der Waals surface area (Å²) in [6, 6.07) is 12.3. The number of halogens is 1. The van der Waals surface area contributed by atoms with Crippen LogP contribution >= 0.6 is 15.9 Å². The van der Waals surface area contributed by atoms with Crippen molar-refractivity contribution in [3.63, 3.8) is 0 Å². The third-order valence-electron chi connectivity index (χ3n) is 3.14. The first-order valence-electron chi connectivity index (χ1n) is 6.01. The van der Waals surface area contributed by atoms with Crippen LogP contribution in [0.15, 0.2) is 47.2 Å². The van der Waals surface area contributed by atoms with Crippen LogP contribution in [0, 0.1) is 11.3 Å². The second-order valence-electron chi connectivity index (χ2n) is 4.37. The molecule has 0 radical (unpaired) electrons. The average Bonchev–Trinajstić information content (AvgIpc) is 2.90. The summed E-state index contributed by atoms with van der Waals surface area (Å²) < 4.78 is 2.52. The lowest BCUT2D eigenvalue weighted by Crippen LogP contribution is -1.98. The Morgan fingerprint density at radius 2 is 2.14 bits per heavy atom. The van der Waals surface area contributed by atoms with E-state index in [9.17, 15) is 9.90 Å². The van der Waals surface area contributed by atoms with E-state index in [0.717, 1.165) is 10.2 Å². The molecule has 0 aliphatic rings. The molecule has 21 heavy (non-hydrogen) atoms. The Morgan fingerprint density at radius 1 is 1.33 bits per heavy atom. The van der Waals surface area contributed by atoms with Gasteiger partial charge >= 0.3 is 5.97 Å². The fourth-order valence-electron chi connectivity index (χ4n) is 2.18. The zero-order valence-corrected chi connectivity index (χ0v) is 12.2. The molecule has 6 heteroatoms. The van der Waals surface area contributed by atoms with Gasteiger partial charge in [-0.25, -0.2) is 9.78 Å². The summed E-state index contributed by atoms with van der Waals surface area (Å²) in [6.07, 6.45) is 1.57. The number of aromatic nitrogens is 2. The molecule has 0 atom stereocenters. The molecular formula is C15H8BrN3O2. The largest absolute Gasteiger partial charge is 0.478 e. The highest BCUT2D eigenvalue weighted by Gasteiger charge is 2.14. The zero-order valence-electron chi connectivity index (χ0n) is 10.6. The van der Waals surface area contributed by atoms with Gasteiger partial charge in [0.25, 0.3) is 0 Å². The van der Waals surface area contributed by atoms with E-state index < -0.39 is 5.97 Å². The smallest absolute Gasteiger partial charge is 0.337 e. The van der Waals surface area contributed by atoms with E-state index in [2.05, 4.69) is 27.0 Å². The number of fused-ring (bicyclic) bond motifs is 1. The van der Waals surface area contributed by atoms with Gasteiger partial charge in [-0.1, -0.05) is 6.07 Å². The molecule has 5 nitrogen and oxygen atoms in total. The quantitative estimate of drug-likeness (QED) is 0.775. The molecule has 0 saturated carbocycles. The SMILES string of the molecule is N#Cc1ccc(-n2cnc3c(C(=O)O)cccc32)c(Br)c1. The van der Waals surface area contributed by atoms with Crippen LogP contribution in [0.25, 0.3) is 16.7 Å². The van der Waals surface area contributed by atoms with Crippen molar-refractivity contribution in [3.8, 4) is 11.8 Å². The van der Waals surface area contributed by atoms with Gasteiger partial charge in [0.1, 0.15) is 11.8 Å². The summed E-state index contributed by atoms with van der Waals surface area (Å²) in [6.45, 7) is 0. The lowest BCUT2D eigenvalue weighted by Gasteiger charge is -2.07. The van der Waals surface area contributed by atoms with Crippen LogP contribution < -0.4 is 0 Å². The second-order valence-corrected chi connectivity index (χ2v) is 5.23. The summed E-state index contributed by atoms with van der Waals surface area (Å²) in [5, 5.41) is 18.1. The number of imidazole rings is 1. The summed E-state index contributed by atoms with van der Waals surface area (Å²) >= 11 is 3.43. The minimum Gasteiger partial charge on any atom is -0.478 e. The van der Waals surface area contributed by atoms with Crippen LogP contribution in [-0.2, 0) is 0 Å². The van der Waals surface area contributed by atoms with Crippen molar-refractivity contribution in [1.29, 1.82) is 5.26 Å². The van der Waals surface area contributed by atoms with Crippen LogP contribution in [-0.4, -0.2) is 20.6 Å². The molecule has 0 unspecified atom stereocenters. The highest BCUT2D eigenvalue weighted by atomic mass is 79.9. The van der Waals surface area contributed by atoms with Gasteiger partial charge in [-0.3, -0.25) is 4.57 Å². The van der Waals surface area contributed by atoms with Crippen molar-refractivity contribution >= 4 is 32.9 Å². The van der Waals surface area contributed by atoms with Crippen molar-refractivity contribution in [2.75, 3.05) is 0 Å². The third-order valence-corrected chi connectivity index (χ3v) is 3.78. The molecule has 102 valence electrons. The average molecular weight is 342 g/mol. The molecule has 0 aliphatic heterocycles. The minimum absolute atomic E-state index is 0.163. The predicted molar refractivity (Wildman–Crippen MR) is 80.4 cm³/mol. The van der Waals surface area contributed by atoms with Crippen molar-refractivity contribution in [3.05, 3.63) is 58.3 Å². The van der Waals surface area contributed by atoms with Crippen molar-refractivity contribution in [1.82, 2.24) is 9.55 Å². The van der Waals surface area contributed by atoms with Gasteiger partial charge in [0.05, 0.1) is 28.4 Å². The molecule has 0 fully saturated rings. The predicted octanol–water partition coefficient (Wildman–Crippen LogP) is 3.36. The number of rotatable bonds is 2. The topological polar surface area (TPSA) is 78.9 Å². The number of para-hydroxylation sites is 1. The molecule has 0 saturated heterocycles. The van der Waals surface area contributed by atoms with Crippen molar-refractivity contribution in [2.24, 2.45) is 0 Å². The highest BCUT2D eigenvalue weighted by molar-refractivity contribution is 9.10. The highest BCUT2D eigenvalue weighted by Crippen LogP contribution is 2.27. The standard InChI is InChI=1S/C15H8BrN3O2/c16-11-6-9(7-17)4-5-12(11)19-8-18-14-10(15(20)21)2-1-3-13(14)19/h1-6,8H,(H,20,21). The Hall–Kier alpha value is -2.65. The Morgan fingerprint density at radius 3 is 2.81 bits per heavy atom. The fourth-order valence-corrected chi connectivity index (χ4v) is 2.75. The molecular weight excluding hydrogens is 334 g/mol. The zero-order chi connectivity index (χ0) is 15.0. The molecule has 2 aromatic carbocycles. The number of aromatic carboxylic acids is 1. The first-order chi connectivity index (χ1) is 10.1. The Bertz CT molecular complexity index is 909. The number of carboxylic acid groups (broad SMARTS) is 1. The maximum absolute atomic E-state index is 11.2. The normalized spacial score (nSPS) is 10.5. The first-order valence-corrected chi connectivity index (χ1v) is 6.80. The molecule has 3 aromatic rings. The number of hydrogen-bond donors (Lipinski definition) is 1. The Kier molecular flexibility index (Phi) is 3.20. The Labute approximate surface area is 128 Å². The maximum atomic E-state index is 11.2. The summed E-state index contributed by atoms with van der Waals surface area (Å²) in [5.74, 6) is -1.01. The van der Waals surface area contributed by atoms with Crippen LogP contribution in [0.4, 0.5) is 0 Å². The molecule has 0 aliphatic carbocycles. The van der Waals surface area contributed by atoms with Gasteiger partial charge in [0.15, 0.2) is 0 Å². The number of carboxylic acids is 1. The first kappa shape index (κ1) is 13.3. The van der Waals surface area contributed by atoms with Gasteiger partial charge in [-0.15, -0.1) is 0 Å². The van der Waals surface area contributed by atoms with E-state index >= 15 is 0 Å². The summed E-state index contributed by atoms with van der Waals surface area (Å²) in [5.41, 5.74) is 2.62. The van der Waals surface area contributed by atoms with E-state index in [-0.39, 0.29) is 5.56 Å². The molecule has 1 aromatic heterocycles. The lowest BCUT2D eigenvalue weighted by atomic mass is 10.2. The molecule has 3 rings (SSSR count).